The molecule has 5 nitrogen and oxygen atoms in total. The van der Waals surface area contributed by atoms with Gasteiger partial charge >= 0.3 is 0 Å². The number of benzene rings is 2. The molecular weight excluding hydrogens is 373 g/mol. The van der Waals surface area contributed by atoms with Crippen LogP contribution in [0.2, 0.25) is 10.0 Å². The minimum Gasteiger partial charge on any atom is -0.489 e. The molecule has 134 valence electrons. The van der Waals surface area contributed by atoms with Gasteiger partial charge in [0.25, 0.3) is 5.91 Å². The summed E-state index contributed by atoms with van der Waals surface area (Å²) in [6.45, 7) is 0.663. The fraction of sp³-hybridized carbons (Fsp3) is 0.158. The van der Waals surface area contributed by atoms with Gasteiger partial charge < -0.3 is 10.1 Å². The van der Waals surface area contributed by atoms with E-state index in [4.69, 9.17) is 27.9 Å². The molecule has 1 aromatic heterocycles. The molecule has 0 radical (unpaired) electrons. The lowest BCUT2D eigenvalue weighted by Crippen LogP contribution is -2.24. The quantitative estimate of drug-likeness (QED) is 0.685. The maximum Gasteiger partial charge on any atom is 0.251 e. The number of nitrogens with zero attached hydrogens (tertiary/aromatic N) is 2. The molecular formula is C19H17Cl2N3O2. The summed E-state index contributed by atoms with van der Waals surface area (Å²) in [5.74, 6) is 0.533. The number of hydrogen-bond donors (Lipinski definition) is 1. The maximum absolute atomic E-state index is 12.4. The second kappa shape index (κ2) is 8.25. The summed E-state index contributed by atoms with van der Waals surface area (Å²) in [6.07, 6.45) is 1.55. The summed E-state index contributed by atoms with van der Waals surface area (Å²) in [5, 5.41) is 8.08. The smallest absolute Gasteiger partial charge is 0.251 e. The van der Waals surface area contributed by atoms with Crippen molar-refractivity contribution < 1.29 is 9.53 Å². The molecule has 2 aromatic carbocycles. The lowest BCUT2D eigenvalue weighted by molar-refractivity contribution is 0.0950. The molecule has 0 aliphatic rings. The van der Waals surface area contributed by atoms with Crippen molar-refractivity contribution in [1.29, 1.82) is 0 Å². The molecule has 1 N–H and O–H groups in total. The van der Waals surface area contributed by atoms with E-state index in [1.807, 2.05) is 12.1 Å². The van der Waals surface area contributed by atoms with Gasteiger partial charge in [0.15, 0.2) is 0 Å². The first kappa shape index (κ1) is 18.3. The summed E-state index contributed by atoms with van der Waals surface area (Å²) in [6, 6.07) is 14.4. The van der Waals surface area contributed by atoms with Gasteiger partial charge in [-0.2, -0.15) is 5.10 Å². The third-order valence-corrected chi connectivity index (χ3v) is 4.40. The maximum atomic E-state index is 12.4. The van der Waals surface area contributed by atoms with Gasteiger partial charge in [-0.3, -0.25) is 9.48 Å². The van der Waals surface area contributed by atoms with E-state index in [1.54, 1.807) is 54.3 Å². The number of ether oxygens (including phenoxy) is 1. The van der Waals surface area contributed by atoms with Crippen LogP contribution in [-0.2, 0) is 20.2 Å². The second-order valence-electron chi connectivity index (χ2n) is 5.69. The van der Waals surface area contributed by atoms with Crippen molar-refractivity contribution in [2.45, 2.75) is 13.2 Å². The Morgan fingerprint density at radius 2 is 1.96 bits per heavy atom. The van der Waals surface area contributed by atoms with Gasteiger partial charge in [0, 0.05) is 17.6 Å². The van der Waals surface area contributed by atoms with Gasteiger partial charge in [-0.1, -0.05) is 35.3 Å². The fourth-order valence-corrected chi connectivity index (χ4v) is 2.76. The van der Waals surface area contributed by atoms with E-state index in [2.05, 4.69) is 10.4 Å². The Hall–Kier alpha value is -2.50. The number of nitrogens with one attached hydrogen (secondary N) is 1. The molecule has 0 aliphatic carbocycles. The average molecular weight is 390 g/mol. The molecule has 0 unspecified atom stereocenters. The van der Waals surface area contributed by atoms with Gasteiger partial charge in [-0.05, 0) is 42.0 Å². The normalized spacial score (nSPS) is 10.6. The molecule has 3 rings (SSSR count). The highest BCUT2D eigenvalue weighted by molar-refractivity contribution is 6.31. The molecule has 0 aliphatic heterocycles. The van der Waals surface area contributed by atoms with Crippen LogP contribution in [0.25, 0.3) is 0 Å². The molecule has 0 atom stereocenters. The molecule has 7 heteroatoms. The number of carbonyl (C=O) groups excluding carboxylic acids is 1. The van der Waals surface area contributed by atoms with Crippen LogP contribution in [0.4, 0.5) is 0 Å². The van der Waals surface area contributed by atoms with Crippen LogP contribution >= 0.6 is 23.2 Å². The summed E-state index contributed by atoms with van der Waals surface area (Å²) < 4.78 is 7.35. The number of aryl methyl sites for hydroxylation is 1. The molecule has 1 heterocycles. The highest BCUT2D eigenvalue weighted by Crippen LogP contribution is 2.17. The van der Waals surface area contributed by atoms with E-state index < -0.39 is 0 Å². The van der Waals surface area contributed by atoms with Crippen molar-refractivity contribution in [3.8, 4) is 5.75 Å². The predicted octanol–water partition coefficient (Wildman–Crippen LogP) is 4.24. The SMILES string of the molecule is Cn1ncc(Cl)c1CNC(=O)c1cccc(COc2ccc(Cl)cc2)c1. The average Bonchev–Trinajstić information content (AvgIpc) is 2.97. The third-order valence-electron chi connectivity index (χ3n) is 3.84. The first-order valence-electron chi connectivity index (χ1n) is 7.95. The Morgan fingerprint density at radius 3 is 2.65 bits per heavy atom. The number of amides is 1. The summed E-state index contributed by atoms with van der Waals surface area (Å²) >= 11 is 11.9. The number of halogens is 2. The molecule has 0 fully saturated rings. The van der Waals surface area contributed by atoms with Gasteiger partial charge in [0.05, 0.1) is 23.5 Å². The summed E-state index contributed by atoms with van der Waals surface area (Å²) in [5.41, 5.74) is 2.20. The first-order valence-corrected chi connectivity index (χ1v) is 8.70. The molecule has 3 aromatic rings. The number of rotatable bonds is 6. The number of carbonyl (C=O) groups is 1. The van der Waals surface area contributed by atoms with Crippen molar-refractivity contribution in [2.75, 3.05) is 0 Å². The topological polar surface area (TPSA) is 56.2 Å². The first-order chi connectivity index (χ1) is 12.5. The van der Waals surface area contributed by atoms with E-state index in [9.17, 15) is 4.79 Å². The number of hydrogen-bond acceptors (Lipinski definition) is 3. The van der Waals surface area contributed by atoms with Crippen molar-refractivity contribution in [3.05, 3.63) is 81.6 Å². The summed E-state index contributed by atoms with van der Waals surface area (Å²) in [7, 11) is 1.78. The lowest BCUT2D eigenvalue weighted by atomic mass is 10.1. The van der Waals surface area contributed by atoms with Crippen LogP contribution in [0.5, 0.6) is 5.75 Å². The molecule has 0 bridgehead atoms. The van der Waals surface area contributed by atoms with Crippen LogP contribution in [0.15, 0.2) is 54.7 Å². The molecule has 0 spiro atoms. The fourth-order valence-electron chi connectivity index (χ4n) is 2.40. The lowest BCUT2D eigenvalue weighted by Gasteiger charge is -2.09. The Balaban J connectivity index is 1.61. The number of aromatic nitrogens is 2. The van der Waals surface area contributed by atoms with Crippen LogP contribution in [0.1, 0.15) is 21.6 Å². The van der Waals surface area contributed by atoms with E-state index in [0.29, 0.717) is 28.8 Å². The van der Waals surface area contributed by atoms with Gasteiger partial charge in [-0.15, -0.1) is 0 Å². The van der Waals surface area contributed by atoms with E-state index in [1.165, 1.54) is 0 Å². The Bertz CT molecular complexity index is 888. The largest absolute Gasteiger partial charge is 0.489 e. The Morgan fingerprint density at radius 1 is 1.19 bits per heavy atom. The highest BCUT2D eigenvalue weighted by atomic mass is 35.5. The minimum absolute atomic E-state index is 0.185. The molecule has 1 amide bonds. The van der Waals surface area contributed by atoms with Crippen LogP contribution in [0, 0.1) is 0 Å². The second-order valence-corrected chi connectivity index (χ2v) is 6.53. The van der Waals surface area contributed by atoms with E-state index in [0.717, 1.165) is 17.0 Å². The van der Waals surface area contributed by atoms with Crippen LogP contribution in [-0.4, -0.2) is 15.7 Å². The molecule has 26 heavy (non-hydrogen) atoms. The van der Waals surface area contributed by atoms with Crippen molar-refractivity contribution in [3.63, 3.8) is 0 Å². The minimum atomic E-state index is -0.185. The van der Waals surface area contributed by atoms with Gasteiger partial charge in [0.2, 0.25) is 0 Å². The zero-order valence-electron chi connectivity index (χ0n) is 14.1. The van der Waals surface area contributed by atoms with Gasteiger partial charge in [0.1, 0.15) is 12.4 Å². The van der Waals surface area contributed by atoms with Crippen LogP contribution in [0.3, 0.4) is 0 Å². The molecule has 0 saturated heterocycles. The van der Waals surface area contributed by atoms with Crippen molar-refractivity contribution >= 4 is 29.1 Å². The Kier molecular flexibility index (Phi) is 5.81. The van der Waals surface area contributed by atoms with Crippen molar-refractivity contribution in [2.24, 2.45) is 7.05 Å². The highest BCUT2D eigenvalue weighted by Gasteiger charge is 2.10. The third kappa shape index (κ3) is 4.56. The van der Waals surface area contributed by atoms with Gasteiger partial charge in [-0.25, -0.2) is 0 Å². The molecule has 0 saturated carbocycles. The zero-order chi connectivity index (χ0) is 18.5. The standard InChI is InChI=1S/C19H17Cl2N3O2/c1-24-18(17(21)10-23-24)11-22-19(25)14-4-2-3-13(9-14)12-26-16-7-5-15(20)6-8-16/h2-10H,11-12H2,1H3,(H,22,25). The predicted molar refractivity (Wildman–Crippen MR) is 102 cm³/mol. The van der Waals surface area contributed by atoms with Crippen LogP contribution < -0.4 is 10.1 Å². The zero-order valence-corrected chi connectivity index (χ0v) is 15.6. The van der Waals surface area contributed by atoms with E-state index >= 15 is 0 Å². The monoisotopic (exact) mass is 389 g/mol. The van der Waals surface area contributed by atoms with Crippen molar-refractivity contribution in [1.82, 2.24) is 15.1 Å². The van der Waals surface area contributed by atoms with E-state index in [-0.39, 0.29) is 5.91 Å². The summed E-state index contributed by atoms with van der Waals surface area (Å²) in [4.78, 5) is 12.4. The Labute approximate surface area is 161 Å².